The Labute approximate surface area is 122 Å². The minimum absolute atomic E-state index is 0.00574. The van der Waals surface area contributed by atoms with Gasteiger partial charge in [-0.1, -0.05) is 29.8 Å². The van der Waals surface area contributed by atoms with Crippen molar-refractivity contribution in [3.05, 3.63) is 63.8 Å². The van der Waals surface area contributed by atoms with Crippen LogP contribution < -0.4 is 5.43 Å². The number of allylic oxidation sites excluding steroid dienone is 2. The number of fused-ring (bicyclic) bond motifs is 2. The molecule has 0 saturated heterocycles. The Morgan fingerprint density at radius 2 is 1.95 bits per heavy atom. The Morgan fingerprint density at radius 1 is 1.19 bits per heavy atom. The Morgan fingerprint density at radius 3 is 2.71 bits per heavy atom. The van der Waals surface area contributed by atoms with Crippen molar-refractivity contribution in [1.29, 1.82) is 0 Å². The highest BCUT2D eigenvalue weighted by Gasteiger charge is 2.14. The largest absolute Gasteiger partial charge is 0.504 e. The summed E-state index contributed by atoms with van der Waals surface area (Å²) in [6.07, 6.45) is 2.70. The van der Waals surface area contributed by atoms with Gasteiger partial charge >= 0.3 is 0 Å². The van der Waals surface area contributed by atoms with E-state index in [-0.39, 0.29) is 16.8 Å². The number of para-hydroxylation sites is 1. The van der Waals surface area contributed by atoms with Gasteiger partial charge < -0.3 is 9.52 Å². The smallest absolute Gasteiger partial charge is 0.200 e. The van der Waals surface area contributed by atoms with E-state index in [9.17, 15) is 9.90 Å². The molecule has 1 heterocycles. The van der Waals surface area contributed by atoms with Gasteiger partial charge in [0.25, 0.3) is 0 Å². The van der Waals surface area contributed by atoms with Crippen LogP contribution in [0.1, 0.15) is 19.4 Å². The second kappa shape index (κ2) is 5.09. The third kappa shape index (κ3) is 2.31. The second-order valence-corrected chi connectivity index (χ2v) is 5.36. The van der Waals surface area contributed by atoms with Crippen molar-refractivity contribution in [2.45, 2.75) is 20.3 Å². The summed E-state index contributed by atoms with van der Waals surface area (Å²) in [4.78, 5) is 12.7. The number of phenols is 1. The summed E-state index contributed by atoms with van der Waals surface area (Å²) >= 11 is 0. The SMILES string of the molecule is CC(C)=CCc1ccc(O)c2oc3ccccc3c(=O)c12. The van der Waals surface area contributed by atoms with Crippen LogP contribution in [0.4, 0.5) is 0 Å². The average molecular weight is 280 g/mol. The molecule has 21 heavy (non-hydrogen) atoms. The van der Waals surface area contributed by atoms with Gasteiger partial charge in [0, 0.05) is 0 Å². The first kappa shape index (κ1) is 13.4. The molecule has 0 spiro atoms. The molecule has 3 heteroatoms. The third-order valence-corrected chi connectivity index (χ3v) is 3.52. The van der Waals surface area contributed by atoms with Crippen molar-refractivity contribution in [2.75, 3.05) is 0 Å². The maximum absolute atomic E-state index is 12.7. The minimum atomic E-state index is -0.0973. The summed E-state index contributed by atoms with van der Waals surface area (Å²) in [6, 6.07) is 10.5. The van der Waals surface area contributed by atoms with E-state index in [1.807, 2.05) is 19.9 Å². The van der Waals surface area contributed by atoms with Crippen LogP contribution in [0.3, 0.4) is 0 Å². The first-order valence-electron chi connectivity index (χ1n) is 6.87. The molecule has 0 aliphatic carbocycles. The highest BCUT2D eigenvalue weighted by atomic mass is 16.4. The van der Waals surface area contributed by atoms with Gasteiger partial charge in [0.2, 0.25) is 5.43 Å². The first-order valence-corrected chi connectivity index (χ1v) is 6.87. The highest BCUT2D eigenvalue weighted by Crippen LogP contribution is 2.29. The molecular formula is C18H16O3. The molecule has 0 atom stereocenters. The van der Waals surface area contributed by atoms with Gasteiger partial charge in [-0.05, 0) is 44.0 Å². The summed E-state index contributed by atoms with van der Waals surface area (Å²) in [7, 11) is 0. The van der Waals surface area contributed by atoms with Crippen molar-refractivity contribution >= 4 is 21.9 Å². The van der Waals surface area contributed by atoms with Gasteiger partial charge in [0.15, 0.2) is 11.3 Å². The Bertz CT molecular complexity index is 913. The van der Waals surface area contributed by atoms with E-state index in [0.29, 0.717) is 22.8 Å². The number of hydrogen-bond acceptors (Lipinski definition) is 3. The molecule has 3 nitrogen and oxygen atoms in total. The van der Waals surface area contributed by atoms with Crippen LogP contribution in [0.2, 0.25) is 0 Å². The fourth-order valence-corrected chi connectivity index (χ4v) is 2.44. The number of rotatable bonds is 2. The van der Waals surface area contributed by atoms with E-state index >= 15 is 0 Å². The van der Waals surface area contributed by atoms with E-state index in [1.54, 1.807) is 30.3 Å². The molecule has 1 N–H and O–H groups in total. The lowest BCUT2D eigenvalue weighted by atomic mass is 10.0. The van der Waals surface area contributed by atoms with Gasteiger partial charge in [-0.15, -0.1) is 0 Å². The van der Waals surface area contributed by atoms with Crippen LogP contribution in [-0.2, 0) is 6.42 Å². The lowest BCUT2D eigenvalue weighted by Gasteiger charge is -2.07. The summed E-state index contributed by atoms with van der Waals surface area (Å²) in [5.41, 5.74) is 2.70. The van der Waals surface area contributed by atoms with Gasteiger partial charge in [-0.2, -0.15) is 0 Å². The Hall–Kier alpha value is -2.55. The van der Waals surface area contributed by atoms with E-state index < -0.39 is 0 Å². The maximum Gasteiger partial charge on any atom is 0.200 e. The van der Waals surface area contributed by atoms with Crippen molar-refractivity contribution in [3.8, 4) is 5.75 Å². The summed E-state index contributed by atoms with van der Waals surface area (Å²) in [5.74, 6) is -0.00574. The van der Waals surface area contributed by atoms with Crippen LogP contribution >= 0.6 is 0 Å². The Balaban J connectivity index is 2.41. The predicted molar refractivity (Wildman–Crippen MR) is 84.8 cm³/mol. The predicted octanol–water partition coefficient (Wildman–Crippen LogP) is 4.16. The summed E-state index contributed by atoms with van der Waals surface area (Å²) in [5, 5.41) is 11.0. The van der Waals surface area contributed by atoms with Crippen molar-refractivity contribution in [2.24, 2.45) is 0 Å². The molecular weight excluding hydrogens is 264 g/mol. The topological polar surface area (TPSA) is 50.4 Å². The number of aromatic hydroxyl groups is 1. The zero-order chi connectivity index (χ0) is 15.0. The maximum atomic E-state index is 12.7. The van der Waals surface area contributed by atoms with Gasteiger partial charge in [0.1, 0.15) is 5.58 Å². The number of phenolic OH excluding ortho intramolecular Hbond substituents is 1. The fourth-order valence-electron chi connectivity index (χ4n) is 2.44. The normalized spacial score (nSPS) is 11.0. The molecule has 2 aromatic carbocycles. The summed E-state index contributed by atoms with van der Waals surface area (Å²) in [6.45, 7) is 4.03. The van der Waals surface area contributed by atoms with Crippen LogP contribution in [-0.4, -0.2) is 5.11 Å². The van der Waals surface area contributed by atoms with Crippen molar-refractivity contribution in [3.63, 3.8) is 0 Å². The molecule has 1 aromatic heterocycles. The van der Waals surface area contributed by atoms with Crippen molar-refractivity contribution in [1.82, 2.24) is 0 Å². The fraction of sp³-hybridized carbons (Fsp3) is 0.167. The third-order valence-electron chi connectivity index (χ3n) is 3.52. The zero-order valence-corrected chi connectivity index (χ0v) is 12.0. The highest BCUT2D eigenvalue weighted by molar-refractivity contribution is 5.94. The van der Waals surface area contributed by atoms with E-state index in [0.717, 1.165) is 5.56 Å². The van der Waals surface area contributed by atoms with Crippen LogP contribution in [0.15, 0.2) is 57.3 Å². The van der Waals surface area contributed by atoms with Crippen LogP contribution in [0, 0.1) is 0 Å². The average Bonchev–Trinajstić information content (AvgIpc) is 2.47. The summed E-state index contributed by atoms with van der Waals surface area (Å²) < 4.78 is 5.73. The van der Waals surface area contributed by atoms with E-state index in [2.05, 4.69) is 6.08 Å². The molecule has 0 radical (unpaired) electrons. The van der Waals surface area contributed by atoms with Crippen LogP contribution in [0.25, 0.3) is 21.9 Å². The monoisotopic (exact) mass is 280 g/mol. The molecule has 0 aliphatic rings. The molecule has 0 bridgehead atoms. The standard InChI is InChI=1S/C18H16O3/c1-11(2)7-8-12-9-10-14(19)18-16(12)17(20)13-5-3-4-6-15(13)21-18/h3-7,9-10,19H,8H2,1-2H3. The molecule has 0 fully saturated rings. The van der Waals surface area contributed by atoms with E-state index in [4.69, 9.17) is 4.42 Å². The van der Waals surface area contributed by atoms with Gasteiger partial charge in [0.05, 0.1) is 10.8 Å². The van der Waals surface area contributed by atoms with E-state index in [1.165, 1.54) is 5.57 Å². The molecule has 0 saturated carbocycles. The molecule has 0 unspecified atom stereocenters. The van der Waals surface area contributed by atoms with Crippen molar-refractivity contribution < 1.29 is 9.52 Å². The molecule has 0 aliphatic heterocycles. The Kier molecular flexibility index (Phi) is 3.26. The number of benzene rings is 2. The first-order chi connectivity index (χ1) is 10.1. The lowest BCUT2D eigenvalue weighted by Crippen LogP contribution is -2.05. The quantitative estimate of drug-likeness (QED) is 0.566. The van der Waals surface area contributed by atoms with Gasteiger partial charge in [-0.25, -0.2) is 0 Å². The second-order valence-electron chi connectivity index (χ2n) is 5.36. The van der Waals surface area contributed by atoms with Crippen LogP contribution in [0.5, 0.6) is 5.75 Å². The zero-order valence-electron chi connectivity index (χ0n) is 12.0. The van der Waals surface area contributed by atoms with Gasteiger partial charge in [-0.3, -0.25) is 4.79 Å². The lowest BCUT2D eigenvalue weighted by molar-refractivity contribution is 0.467. The molecule has 3 aromatic rings. The molecule has 3 rings (SSSR count). The molecule has 0 amide bonds. The minimum Gasteiger partial charge on any atom is -0.504 e. The number of hydrogen-bond donors (Lipinski definition) is 1. The molecule has 106 valence electrons.